The number of benzene rings is 1. The molecule has 1 aromatic rings. The minimum Gasteiger partial charge on any atom is -0.298 e. The maximum atomic E-state index is 12.7. The summed E-state index contributed by atoms with van der Waals surface area (Å²) in [7, 11) is 0. The zero-order valence-corrected chi connectivity index (χ0v) is 7.58. The van der Waals surface area contributed by atoms with Gasteiger partial charge in [0.15, 0.2) is 0 Å². The van der Waals surface area contributed by atoms with Gasteiger partial charge in [-0.05, 0) is 18.2 Å². The fourth-order valence-corrected chi connectivity index (χ4v) is 0.817. The van der Waals surface area contributed by atoms with E-state index in [4.69, 9.17) is 5.84 Å². The summed E-state index contributed by atoms with van der Waals surface area (Å²) in [6, 6.07) is 5.37. The van der Waals surface area contributed by atoms with Gasteiger partial charge in [0.1, 0.15) is 5.82 Å². The lowest BCUT2D eigenvalue weighted by Crippen LogP contribution is -2.45. The SMILES string of the molecule is NNC(=O)C(=O)NNc1cccc(F)c1. The van der Waals surface area contributed by atoms with E-state index in [9.17, 15) is 14.0 Å². The summed E-state index contributed by atoms with van der Waals surface area (Å²) in [5, 5.41) is 0. The fourth-order valence-electron chi connectivity index (χ4n) is 0.817. The standard InChI is InChI=1S/C8H9FN4O2/c9-5-2-1-3-6(4-5)12-13-8(15)7(14)11-10/h1-4,12H,10H2,(H,11,14)(H,13,15). The molecule has 0 spiro atoms. The number of hydrogen-bond acceptors (Lipinski definition) is 4. The lowest BCUT2D eigenvalue weighted by molar-refractivity contribution is -0.138. The summed E-state index contributed by atoms with van der Waals surface area (Å²) in [5.41, 5.74) is 6.33. The van der Waals surface area contributed by atoms with Crippen molar-refractivity contribution in [2.24, 2.45) is 5.84 Å². The fraction of sp³-hybridized carbons (Fsp3) is 0. The highest BCUT2D eigenvalue weighted by Gasteiger charge is 2.10. The minimum atomic E-state index is -1.00. The number of halogens is 1. The van der Waals surface area contributed by atoms with Crippen LogP contribution in [0.5, 0.6) is 0 Å². The third-order valence-corrected chi connectivity index (χ3v) is 1.48. The molecule has 0 atom stereocenters. The van der Waals surface area contributed by atoms with Crippen molar-refractivity contribution in [2.45, 2.75) is 0 Å². The number of carbonyl (C=O) groups excluding carboxylic acids is 2. The molecule has 15 heavy (non-hydrogen) atoms. The summed E-state index contributed by atoms with van der Waals surface area (Å²) in [6.07, 6.45) is 0. The van der Waals surface area contributed by atoms with E-state index >= 15 is 0 Å². The number of rotatable bonds is 2. The first-order valence-electron chi connectivity index (χ1n) is 3.96. The van der Waals surface area contributed by atoms with Crippen LogP contribution in [0.4, 0.5) is 10.1 Å². The first kappa shape index (κ1) is 10.9. The number of anilines is 1. The van der Waals surface area contributed by atoms with E-state index in [1.165, 1.54) is 18.2 Å². The van der Waals surface area contributed by atoms with Gasteiger partial charge in [-0.15, -0.1) is 0 Å². The maximum absolute atomic E-state index is 12.7. The Balaban J connectivity index is 2.50. The van der Waals surface area contributed by atoms with Crippen LogP contribution in [-0.2, 0) is 9.59 Å². The van der Waals surface area contributed by atoms with E-state index in [1.807, 2.05) is 5.43 Å². The van der Waals surface area contributed by atoms with E-state index in [-0.39, 0.29) is 0 Å². The van der Waals surface area contributed by atoms with Gasteiger partial charge in [0.05, 0.1) is 5.69 Å². The zero-order valence-electron chi connectivity index (χ0n) is 7.58. The van der Waals surface area contributed by atoms with E-state index in [2.05, 4.69) is 5.43 Å². The van der Waals surface area contributed by atoms with Crippen molar-refractivity contribution < 1.29 is 14.0 Å². The lowest BCUT2D eigenvalue weighted by Gasteiger charge is -2.06. The average molecular weight is 212 g/mol. The lowest BCUT2D eigenvalue weighted by atomic mass is 10.3. The van der Waals surface area contributed by atoms with Crippen LogP contribution >= 0.6 is 0 Å². The molecule has 1 aromatic carbocycles. The molecule has 2 amide bonds. The van der Waals surface area contributed by atoms with Gasteiger partial charge in [0, 0.05) is 0 Å². The molecule has 0 aliphatic heterocycles. The molecule has 0 saturated carbocycles. The van der Waals surface area contributed by atoms with Gasteiger partial charge in [0.25, 0.3) is 0 Å². The third kappa shape index (κ3) is 3.24. The Kier molecular flexibility index (Phi) is 3.58. The number of carbonyl (C=O) groups is 2. The molecule has 0 aliphatic rings. The number of amides is 2. The molecule has 5 N–H and O–H groups in total. The van der Waals surface area contributed by atoms with Crippen LogP contribution in [-0.4, -0.2) is 11.8 Å². The van der Waals surface area contributed by atoms with Crippen LogP contribution < -0.4 is 22.1 Å². The largest absolute Gasteiger partial charge is 0.328 e. The van der Waals surface area contributed by atoms with Gasteiger partial charge < -0.3 is 0 Å². The van der Waals surface area contributed by atoms with Crippen LogP contribution in [0.1, 0.15) is 0 Å². The van der Waals surface area contributed by atoms with Gasteiger partial charge in [-0.25, -0.2) is 10.2 Å². The molecule has 7 heteroatoms. The van der Waals surface area contributed by atoms with Crippen LogP contribution in [0.15, 0.2) is 24.3 Å². The van der Waals surface area contributed by atoms with Crippen LogP contribution in [0.25, 0.3) is 0 Å². The summed E-state index contributed by atoms with van der Waals surface area (Å²) in [6.45, 7) is 0. The van der Waals surface area contributed by atoms with Gasteiger partial charge in [-0.3, -0.25) is 25.9 Å². The number of nitrogens with two attached hydrogens (primary N) is 1. The predicted molar refractivity (Wildman–Crippen MR) is 50.5 cm³/mol. The monoisotopic (exact) mass is 212 g/mol. The van der Waals surface area contributed by atoms with E-state index < -0.39 is 17.6 Å². The molecule has 0 saturated heterocycles. The van der Waals surface area contributed by atoms with Crippen LogP contribution in [0.3, 0.4) is 0 Å². The normalized spacial score (nSPS) is 9.20. The molecule has 0 heterocycles. The van der Waals surface area contributed by atoms with Crippen molar-refractivity contribution >= 4 is 17.5 Å². The molecule has 0 unspecified atom stereocenters. The van der Waals surface area contributed by atoms with Crippen molar-refractivity contribution in [3.05, 3.63) is 30.1 Å². The van der Waals surface area contributed by atoms with Crippen molar-refractivity contribution in [1.29, 1.82) is 0 Å². The highest BCUT2D eigenvalue weighted by Crippen LogP contribution is 2.07. The summed E-state index contributed by atoms with van der Waals surface area (Å²) < 4.78 is 12.7. The predicted octanol–water partition coefficient (Wildman–Crippen LogP) is -0.741. The smallest absolute Gasteiger partial charge is 0.298 e. The number of hydrogen-bond donors (Lipinski definition) is 4. The molecule has 6 nitrogen and oxygen atoms in total. The van der Waals surface area contributed by atoms with Gasteiger partial charge in [0.2, 0.25) is 0 Å². The molecular formula is C8H9FN4O2. The summed E-state index contributed by atoms with van der Waals surface area (Å²) in [5.74, 6) is 2.29. The molecule has 0 aliphatic carbocycles. The highest BCUT2D eigenvalue weighted by molar-refractivity contribution is 6.35. The van der Waals surface area contributed by atoms with Gasteiger partial charge >= 0.3 is 11.8 Å². The van der Waals surface area contributed by atoms with Crippen LogP contribution in [0, 0.1) is 5.82 Å². The second-order valence-corrected chi connectivity index (χ2v) is 2.56. The van der Waals surface area contributed by atoms with Crippen LogP contribution in [0.2, 0.25) is 0 Å². The zero-order chi connectivity index (χ0) is 11.3. The Bertz CT molecular complexity index is 383. The first-order chi connectivity index (χ1) is 7.13. The first-order valence-corrected chi connectivity index (χ1v) is 3.96. The third-order valence-electron chi connectivity index (χ3n) is 1.48. The molecule has 0 fully saturated rings. The average Bonchev–Trinajstić information content (AvgIpc) is 2.25. The minimum absolute atomic E-state index is 0.313. The quantitative estimate of drug-likeness (QED) is 0.225. The van der Waals surface area contributed by atoms with E-state index in [1.54, 1.807) is 5.43 Å². The second kappa shape index (κ2) is 4.91. The molecular weight excluding hydrogens is 203 g/mol. The van der Waals surface area contributed by atoms with E-state index in [0.717, 1.165) is 6.07 Å². The molecule has 80 valence electrons. The Morgan fingerprint density at radius 3 is 2.60 bits per heavy atom. The Labute approximate surface area is 84.6 Å². The summed E-state index contributed by atoms with van der Waals surface area (Å²) in [4.78, 5) is 21.5. The van der Waals surface area contributed by atoms with E-state index in [0.29, 0.717) is 5.69 Å². The van der Waals surface area contributed by atoms with Crippen molar-refractivity contribution in [3.8, 4) is 0 Å². The summed E-state index contributed by atoms with van der Waals surface area (Å²) >= 11 is 0. The Morgan fingerprint density at radius 2 is 2.00 bits per heavy atom. The number of hydrazine groups is 2. The maximum Gasteiger partial charge on any atom is 0.328 e. The molecule has 0 aromatic heterocycles. The molecule has 0 bridgehead atoms. The Morgan fingerprint density at radius 1 is 1.27 bits per heavy atom. The molecule has 0 radical (unpaired) electrons. The second-order valence-electron chi connectivity index (χ2n) is 2.56. The van der Waals surface area contributed by atoms with Crippen molar-refractivity contribution in [2.75, 3.05) is 5.43 Å². The van der Waals surface area contributed by atoms with Gasteiger partial charge in [-0.1, -0.05) is 6.07 Å². The highest BCUT2D eigenvalue weighted by atomic mass is 19.1. The van der Waals surface area contributed by atoms with Gasteiger partial charge in [-0.2, -0.15) is 0 Å². The Hall–Kier alpha value is -2.15. The molecule has 1 rings (SSSR count). The topological polar surface area (TPSA) is 96.2 Å². The van der Waals surface area contributed by atoms with Crippen molar-refractivity contribution in [1.82, 2.24) is 10.9 Å². The van der Waals surface area contributed by atoms with Crippen molar-refractivity contribution in [3.63, 3.8) is 0 Å². The number of nitrogens with one attached hydrogen (secondary N) is 3.